The number of aromatic nitrogens is 3. The number of nitrogens with zero attached hydrogens (tertiary/aromatic N) is 3. The number of fused-ring (bicyclic) bond motifs is 1. The van der Waals surface area contributed by atoms with Crippen LogP contribution < -0.4 is 0 Å². The number of methoxy groups -OCH3 is 1. The molecule has 2 aromatic heterocycles. The zero-order chi connectivity index (χ0) is 21.1. The van der Waals surface area contributed by atoms with E-state index >= 15 is 0 Å². The lowest BCUT2D eigenvalue weighted by molar-refractivity contribution is -0.140. The van der Waals surface area contributed by atoms with Crippen LogP contribution in [0, 0.1) is 0 Å². The molecule has 0 unspecified atom stereocenters. The highest BCUT2D eigenvalue weighted by Gasteiger charge is 2.23. The summed E-state index contributed by atoms with van der Waals surface area (Å²) in [6, 6.07) is 17.7. The van der Waals surface area contributed by atoms with Gasteiger partial charge in [-0.1, -0.05) is 60.6 Å². The summed E-state index contributed by atoms with van der Waals surface area (Å²) >= 11 is 7.49. The number of benzene rings is 2. The van der Waals surface area contributed by atoms with Gasteiger partial charge in [0, 0.05) is 22.5 Å². The minimum Gasteiger partial charge on any atom is -0.468 e. The molecule has 0 N–H and O–H groups in total. The Morgan fingerprint density at radius 2 is 1.87 bits per heavy atom. The molecule has 0 aliphatic carbocycles. The summed E-state index contributed by atoms with van der Waals surface area (Å²) in [5, 5.41) is 2.00. The van der Waals surface area contributed by atoms with Crippen LogP contribution in [0.4, 0.5) is 0 Å². The lowest BCUT2D eigenvalue weighted by Gasteiger charge is -2.12. The van der Waals surface area contributed by atoms with Gasteiger partial charge in [-0.25, -0.2) is 9.97 Å². The van der Waals surface area contributed by atoms with E-state index in [9.17, 15) is 4.79 Å². The highest BCUT2D eigenvalue weighted by molar-refractivity contribution is 8.00. The van der Waals surface area contributed by atoms with Gasteiger partial charge in [-0.2, -0.15) is 0 Å². The maximum Gasteiger partial charge on any atom is 0.319 e. The molecule has 1 atom stereocenters. The molecule has 0 bridgehead atoms. The second-order valence-corrected chi connectivity index (χ2v) is 8.30. The van der Waals surface area contributed by atoms with E-state index < -0.39 is 0 Å². The van der Waals surface area contributed by atoms with Crippen molar-refractivity contribution in [1.29, 1.82) is 0 Å². The van der Waals surface area contributed by atoms with E-state index in [1.54, 1.807) is 0 Å². The molecule has 30 heavy (non-hydrogen) atoms. The fraction of sp³-hybridized carbons (Fsp3) is 0.174. The van der Waals surface area contributed by atoms with Gasteiger partial charge in [0.1, 0.15) is 22.3 Å². The molecule has 0 fully saturated rings. The van der Waals surface area contributed by atoms with Crippen molar-refractivity contribution in [1.82, 2.24) is 14.5 Å². The number of rotatable bonds is 6. The Morgan fingerprint density at radius 3 is 2.53 bits per heavy atom. The van der Waals surface area contributed by atoms with Gasteiger partial charge in [-0.05, 0) is 36.2 Å². The standard InChI is InChI=1S/C23H20ClN3O2S/c1-3-19(23(28)29-2)30-22-20-18(15-7-5-4-6-8-15)13-27(21(20)25-14-26-22)17-11-9-16(24)10-12-17/h4-14,19H,3H2,1-2H3/t19-/m0/s1. The predicted molar refractivity (Wildman–Crippen MR) is 121 cm³/mol. The largest absolute Gasteiger partial charge is 0.468 e. The van der Waals surface area contributed by atoms with Crippen molar-refractivity contribution >= 4 is 40.4 Å². The number of hydrogen-bond acceptors (Lipinski definition) is 5. The van der Waals surface area contributed by atoms with Crippen LogP contribution in [0.2, 0.25) is 5.02 Å². The zero-order valence-electron chi connectivity index (χ0n) is 16.6. The summed E-state index contributed by atoms with van der Waals surface area (Å²) < 4.78 is 6.99. The van der Waals surface area contributed by atoms with E-state index in [1.807, 2.05) is 54.0 Å². The molecule has 2 aromatic carbocycles. The van der Waals surface area contributed by atoms with Gasteiger partial charge in [0.2, 0.25) is 0 Å². The van der Waals surface area contributed by atoms with Crippen LogP contribution in [-0.2, 0) is 9.53 Å². The van der Waals surface area contributed by atoms with Crippen LogP contribution in [0.5, 0.6) is 0 Å². The molecular weight excluding hydrogens is 418 g/mol. The minimum absolute atomic E-state index is 0.257. The normalized spacial score (nSPS) is 12.1. The summed E-state index contributed by atoms with van der Waals surface area (Å²) in [5.41, 5.74) is 3.77. The summed E-state index contributed by atoms with van der Waals surface area (Å²) in [7, 11) is 1.41. The average molecular weight is 438 g/mol. The number of carbonyl (C=O) groups is 1. The second-order valence-electron chi connectivity index (χ2n) is 6.67. The monoisotopic (exact) mass is 437 g/mol. The molecule has 0 saturated carbocycles. The quantitative estimate of drug-likeness (QED) is 0.217. The molecule has 0 spiro atoms. The maximum atomic E-state index is 12.2. The van der Waals surface area contributed by atoms with Gasteiger partial charge in [-0.3, -0.25) is 4.79 Å². The first-order valence-electron chi connectivity index (χ1n) is 9.54. The lowest BCUT2D eigenvalue weighted by Crippen LogP contribution is -2.17. The molecule has 4 aromatic rings. The maximum absolute atomic E-state index is 12.2. The number of ether oxygens (including phenoxy) is 1. The van der Waals surface area contributed by atoms with Crippen LogP contribution >= 0.6 is 23.4 Å². The number of hydrogen-bond donors (Lipinski definition) is 0. The zero-order valence-corrected chi connectivity index (χ0v) is 18.2. The molecule has 4 rings (SSSR count). The smallest absolute Gasteiger partial charge is 0.319 e. The Bertz CT molecular complexity index is 1180. The predicted octanol–water partition coefficient (Wildman–Crippen LogP) is 5.78. The highest BCUT2D eigenvalue weighted by atomic mass is 35.5. The third-order valence-electron chi connectivity index (χ3n) is 4.83. The van der Waals surface area contributed by atoms with Crippen LogP contribution in [0.1, 0.15) is 13.3 Å². The van der Waals surface area contributed by atoms with Crippen LogP contribution in [0.25, 0.3) is 27.8 Å². The molecule has 0 aliphatic heterocycles. The first-order valence-corrected chi connectivity index (χ1v) is 10.8. The Labute approximate surface area is 184 Å². The van der Waals surface area contributed by atoms with E-state index in [-0.39, 0.29) is 11.2 Å². The summed E-state index contributed by atoms with van der Waals surface area (Å²) in [6.07, 6.45) is 4.23. The van der Waals surface area contributed by atoms with Gasteiger partial charge < -0.3 is 9.30 Å². The second kappa shape index (κ2) is 8.90. The fourth-order valence-corrected chi connectivity index (χ4v) is 4.50. The van der Waals surface area contributed by atoms with Crippen molar-refractivity contribution in [2.24, 2.45) is 0 Å². The molecule has 5 nitrogen and oxygen atoms in total. The third-order valence-corrected chi connectivity index (χ3v) is 6.42. The van der Waals surface area contributed by atoms with Crippen molar-refractivity contribution in [2.75, 3.05) is 7.11 Å². The Hall–Kier alpha value is -2.83. The first kappa shape index (κ1) is 20.4. The van der Waals surface area contributed by atoms with E-state index in [4.69, 9.17) is 16.3 Å². The van der Waals surface area contributed by atoms with Gasteiger partial charge in [0.25, 0.3) is 0 Å². The molecule has 0 saturated heterocycles. The van der Waals surface area contributed by atoms with E-state index in [0.717, 1.165) is 32.9 Å². The molecule has 152 valence electrons. The van der Waals surface area contributed by atoms with Crippen molar-refractivity contribution in [3.05, 3.63) is 72.1 Å². The van der Waals surface area contributed by atoms with Crippen molar-refractivity contribution < 1.29 is 9.53 Å². The van der Waals surface area contributed by atoms with Crippen molar-refractivity contribution in [3.8, 4) is 16.8 Å². The Kier molecular flexibility index (Phi) is 6.06. The van der Waals surface area contributed by atoms with Crippen LogP contribution in [-0.4, -0.2) is 32.9 Å². The Balaban J connectivity index is 1.93. The van der Waals surface area contributed by atoms with Crippen LogP contribution in [0.15, 0.2) is 72.1 Å². The number of carbonyl (C=O) groups excluding carboxylic acids is 1. The topological polar surface area (TPSA) is 57.0 Å². The summed E-state index contributed by atoms with van der Waals surface area (Å²) in [6.45, 7) is 1.96. The number of thioether (sulfide) groups is 1. The molecule has 2 heterocycles. The van der Waals surface area contributed by atoms with Gasteiger partial charge >= 0.3 is 5.97 Å². The summed E-state index contributed by atoms with van der Waals surface area (Å²) in [4.78, 5) is 21.3. The molecule has 0 aliphatic rings. The number of esters is 1. The van der Waals surface area contributed by atoms with Gasteiger partial charge in [0.15, 0.2) is 0 Å². The fourth-order valence-electron chi connectivity index (χ4n) is 3.32. The van der Waals surface area contributed by atoms with Crippen molar-refractivity contribution in [2.45, 2.75) is 23.6 Å². The first-order chi connectivity index (χ1) is 14.6. The van der Waals surface area contributed by atoms with E-state index in [1.165, 1.54) is 25.2 Å². The molecule has 7 heteroatoms. The van der Waals surface area contributed by atoms with Gasteiger partial charge in [0.05, 0.1) is 12.5 Å². The Morgan fingerprint density at radius 1 is 1.13 bits per heavy atom. The summed E-state index contributed by atoms with van der Waals surface area (Å²) in [5.74, 6) is -0.257. The average Bonchev–Trinajstić information content (AvgIpc) is 3.18. The van der Waals surface area contributed by atoms with Crippen molar-refractivity contribution in [3.63, 3.8) is 0 Å². The number of halogens is 1. The highest BCUT2D eigenvalue weighted by Crippen LogP contribution is 2.38. The van der Waals surface area contributed by atoms with Gasteiger partial charge in [-0.15, -0.1) is 0 Å². The molecule has 0 amide bonds. The SMILES string of the molecule is CC[C@H](Sc1ncnc2c1c(-c1ccccc1)cn2-c1ccc(Cl)cc1)C(=O)OC. The van der Waals surface area contributed by atoms with E-state index in [2.05, 4.69) is 28.3 Å². The molecule has 0 radical (unpaired) electrons. The van der Waals surface area contributed by atoms with E-state index in [0.29, 0.717) is 11.4 Å². The minimum atomic E-state index is -0.337. The lowest BCUT2D eigenvalue weighted by atomic mass is 10.1. The molecular formula is C23H20ClN3O2S. The van der Waals surface area contributed by atoms with Crippen LogP contribution in [0.3, 0.4) is 0 Å². The third kappa shape index (κ3) is 3.93.